The monoisotopic (exact) mass is 449 g/mol. The third-order valence-electron chi connectivity index (χ3n) is 5.70. The highest BCUT2D eigenvalue weighted by Gasteiger charge is 2.43. The summed E-state index contributed by atoms with van der Waals surface area (Å²) in [6.07, 6.45) is 0.397. The van der Waals surface area contributed by atoms with E-state index in [2.05, 4.69) is 6.92 Å². The van der Waals surface area contributed by atoms with Crippen LogP contribution in [0.1, 0.15) is 54.4 Å². The molecular formula is C26H27NO6. The Balaban J connectivity index is 1.86. The second-order valence-corrected chi connectivity index (χ2v) is 7.91. The average Bonchev–Trinajstić information content (AvgIpc) is 3.06. The van der Waals surface area contributed by atoms with Crippen LogP contribution in [0.15, 0.2) is 48.5 Å². The summed E-state index contributed by atoms with van der Waals surface area (Å²) >= 11 is 0. The van der Waals surface area contributed by atoms with E-state index < -0.39 is 12.2 Å². The molecule has 0 spiro atoms. The minimum absolute atomic E-state index is 0.119. The molecule has 7 heteroatoms. The third kappa shape index (κ3) is 4.12. The molecule has 1 heterocycles. The van der Waals surface area contributed by atoms with Crippen LogP contribution in [0.3, 0.4) is 0 Å². The number of aliphatic hydroxyl groups is 1. The number of nitrogens with zero attached hydrogens (tertiary/aromatic N) is 1. The van der Waals surface area contributed by atoms with Gasteiger partial charge in [0.25, 0.3) is 5.91 Å². The number of rotatable bonds is 9. The van der Waals surface area contributed by atoms with E-state index in [0.717, 1.165) is 23.6 Å². The van der Waals surface area contributed by atoms with Crippen LogP contribution in [0.4, 0.5) is 5.69 Å². The first-order chi connectivity index (χ1) is 16.0. The van der Waals surface area contributed by atoms with Crippen LogP contribution >= 0.6 is 0 Å². The lowest BCUT2D eigenvalue weighted by Gasteiger charge is -2.22. The molecule has 3 aromatic carbocycles. The quantitative estimate of drug-likeness (QED) is 0.460. The fraction of sp³-hybridized carbons (Fsp3) is 0.308. The molecule has 1 amide bonds. The van der Waals surface area contributed by atoms with Crippen molar-refractivity contribution >= 4 is 28.3 Å². The summed E-state index contributed by atoms with van der Waals surface area (Å²) in [5.41, 5.74) is 1.76. The zero-order valence-electron chi connectivity index (χ0n) is 18.7. The summed E-state index contributed by atoms with van der Waals surface area (Å²) in [4.78, 5) is 25.9. The van der Waals surface area contributed by atoms with Crippen LogP contribution < -0.4 is 14.4 Å². The van der Waals surface area contributed by atoms with Crippen LogP contribution in [-0.2, 0) is 11.2 Å². The summed E-state index contributed by atoms with van der Waals surface area (Å²) in [7, 11) is 0. The van der Waals surface area contributed by atoms with Crippen molar-refractivity contribution < 1.29 is 29.3 Å². The van der Waals surface area contributed by atoms with Gasteiger partial charge < -0.3 is 19.7 Å². The van der Waals surface area contributed by atoms with Gasteiger partial charge in [-0.25, -0.2) is 0 Å². The third-order valence-corrected chi connectivity index (χ3v) is 5.70. The van der Waals surface area contributed by atoms with Crippen molar-refractivity contribution in [3.63, 3.8) is 0 Å². The Bertz CT molecular complexity index is 1190. The minimum Gasteiger partial charge on any atom is -0.493 e. The summed E-state index contributed by atoms with van der Waals surface area (Å²) in [6.45, 7) is 4.75. The largest absolute Gasteiger partial charge is 0.493 e. The second-order valence-electron chi connectivity index (χ2n) is 7.91. The van der Waals surface area contributed by atoms with Gasteiger partial charge in [0.1, 0.15) is 11.5 Å². The maximum atomic E-state index is 13.7. The first-order valence-electron chi connectivity index (χ1n) is 11.1. The number of fused-ring (bicyclic) bond motifs is 2. The number of unbranched alkanes of at least 4 members (excludes halogenated alkanes) is 1. The van der Waals surface area contributed by atoms with Gasteiger partial charge in [-0.05, 0) is 31.0 Å². The molecule has 1 aliphatic heterocycles. The molecule has 1 unspecified atom stereocenters. The van der Waals surface area contributed by atoms with E-state index >= 15 is 0 Å². The number of anilines is 1. The molecule has 0 aliphatic carbocycles. The number of aliphatic carboxylic acids is 1. The number of amides is 1. The maximum Gasteiger partial charge on any atom is 0.307 e. The average molecular weight is 450 g/mol. The maximum absolute atomic E-state index is 13.7. The summed E-state index contributed by atoms with van der Waals surface area (Å²) in [5, 5.41) is 21.9. The van der Waals surface area contributed by atoms with Crippen molar-refractivity contribution in [2.75, 3.05) is 18.1 Å². The van der Waals surface area contributed by atoms with Gasteiger partial charge in [-0.15, -0.1) is 0 Å². The number of benzene rings is 3. The molecule has 0 fully saturated rings. The van der Waals surface area contributed by atoms with Gasteiger partial charge in [-0.1, -0.05) is 49.7 Å². The molecule has 3 aromatic rings. The molecule has 0 saturated carbocycles. The topological polar surface area (TPSA) is 96.3 Å². The Morgan fingerprint density at radius 3 is 2.27 bits per heavy atom. The van der Waals surface area contributed by atoms with Crippen LogP contribution in [0.5, 0.6) is 11.5 Å². The lowest BCUT2D eigenvalue weighted by Crippen LogP contribution is -2.27. The number of carbonyl (C=O) groups is 2. The van der Waals surface area contributed by atoms with E-state index in [1.165, 1.54) is 4.90 Å². The van der Waals surface area contributed by atoms with Crippen LogP contribution in [0.2, 0.25) is 0 Å². The fourth-order valence-electron chi connectivity index (χ4n) is 4.19. The lowest BCUT2D eigenvalue weighted by molar-refractivity contribution is -0.136. The van der Waals surface area contributed by atoms with Crippen LogP contribution in [-0.4, -0.2) is 35.3 Å². The van der Waals surface area contributed by atoms with Gasteiger partial charge in [-0.2, -0.15) is 0 Å². The first kappa shape index (κ1) is 22.6. The van der Waals surface area contributed by atoms with Crippen molar-refractivity contribution in [3.05, 3.63) is 65.2 Å². The molecule has 1 aliphatic rings. The Labute approximate surface area is 192 Å². The number of aliphatic hydroxyl groups excluding tert-OH is 1. The number of ether oxygens (including phenoxy) is 2. The molecule has 7 nitrogen and oxygen atoms in total. The zero-order valence-corrected chi connectivity index (χ0v) is 18.7. The van der Waals surface area contributed by atoms with Crippen LogP contribution in [0, 0.1) is 0 Å². The SMILES string of the molecule is CCCCOc1c2c(c(OCC)c3ccccc13)C(O)N(c1ccc(CC(=O)O)cc1)C2=O. The van der Waals surface area contributed by atoms with E-state index in [9.17, 15) is 14.7 Å². The molecule has 0 radical (unpaired) electrons. The normalized spacial score (nSPS) is 15.1. The van der Waals surface area contributed by atoms with E-state index in [0.29, 0.717) is 47.1 Å². The Morgan fingerprint density at radius 1 is 1.00 bits per heavy atom. The molecule has 0 bridgehead atoms. The molecule has 4 rings (SSSR count). The second kappa shape index (κ2) is 9.50. The first-order valence-corrected chi connectivity index (χ1v) is 11.1. The molecule has 2 N–H and O–H groups in total. The Kier molecular flexibility index (Phi) is 6.51. The number of carboxylic acid groups (broad SMARTS) is 1. The van der Waals surface area contributed by atoms with Crippen molar-refractivity contribution in [2.45, 2.75) is 39.3 Å². The smallest absolute Gasteiger partial charge is 0.307 e. The number of carboxylic acids is 1. The van der Waals surface area contributed by atoms with Crippen molar-refractivity contribution in [2.24, 2.45) is 0 Å². The van der Waals surface area contributed by atoms with Gasteiger partial charge in [-0.3, -0.25) is 14.5 Å². The van der Waals surface area contributed by atoms with Gasteiger partial charge in [0, 0.05) is 16.5 Å². The molecule has 33 heavy (non-hydrogen) atoms. The predicted octanol–water partition coefficient (Wildman–Crippen LogP) is 4.70. The highest BCUT2D eigenvalue weighted by molar-refractivity contribution is 6.17. The van der Waals surface area contributed by atoms with Crippen molar-refractivity contribution in [1.82, 2.24) is 0 Å². The Hall–Kier alpha value is -3.58. The fourth-order valence-corrected chi connectivity index (χ4v) is 4.19. The molecule has 172 valence electrons. The predicted molar refractivity (Wildman–Crippen MR) is 125 cm³/mol. The standard InChI is InChI=1S/C26H27NO6/c1-3-5-14-33-24-19-9-7-6-8-18(19)23(32-4-2)21-22(24)26(31)27(25(21)30)17-12-10-16(11-13-17)15-20(28)29/h6-13,25,30H,3-5,14-15H2,1-2H3,(H,28,29). The van der Waals surface area contributed by atoms with E-state index in [1.54, 1.807) is 24.3 Å². The zero-order chi connectivity index (χ0) is 23.5. The van der Waals surface area contributed by atoms with E-state index in [4.69, 9.17) is 14.6 Å². The minimum atomic E-state index is -1.27. The lowest BCUT2D eigenvalue weighted by atomic mass is 9.98. The molecule has 0 saturated heterocycles. The van der Waals surface area contributed by atoms with Gasteiger partial charge in [0.2, 0.25) is 0 Å². The van der Waals surface area contributed by atoms with Crippen molar-refractivity contribution in [3.8, 4) is 11.5 Å². The highest BCUT2D eigenvalue weighted by atomic mass is 16.5. The number of carbonyl (C=O) groups excluding carboxylic acids is 1. The summed E-state index contributed by atoms with van der Waals surface area (Å²) in [5.74, 6) is -0.403. The van der Waals surface area contributed by atoms with Gasteiger partial charge >= 0.3 is 5.97 Å². The van der Waals surface area contributed by atoms with E-state index in [1.807, 2.05) is 31.2 Å². The number of hydrogen-bond donors (Lipinski definition) is 2. The van der Waals surface area contributed by atoms with Gasteiger partial charge in [0.15, 0.2) is 6.23 Å². The van der Waals surface area contributed by atoms with Gasteiger partial charge in [0.05, 0.1) is 30.8 Å². The Morgan fingerprint density at radius 2 is 1.67 bits per heavy atom. The highest BCUT2D eigenvalue weighted by Crippen LogP contribution is 2.50. The molecular weight excluding hydrogens is 422 g/mol. The molecule has 1 atom stereocenters. The summed E-state index contributed by atoms with van der Waals surface area (Å²) < 4.78 is 12.1. The molecule has 0 aromatic heterocycles. The number of hydrogen-bond acceptors (Lipinski definition) is 5. The van der Waals surface area contributed by atoms with E-state index in [-0.39, 0.29) is 12.3 Å². The van der Waals surface area contributed by atoms with Crippen LogP contribution in [0.25, 0.3) is 10.8 Å². The van der Waals surface area contributed by atoms with Crippen molar-refractivity contribution in [1.29, 1.82) is 0 Å². The summed E-state index contributed by atoms with van der Waals surface area (Å²) in [6, 6.07) is 14.1.